The summed E-state index contributed by atoms with van der Waals surface area (Å²) in [6, 6.07) is 16.8. The van der Waals surface area contributed by atoms with E-state index in [4.69, 9.17) is 0 Å². The number of amides is 3. The maximum absolute atomic E-state index is 12.8. The third kappa shape index (κ3) is 3.99. The van der Waals surface area contributed by atoms with E-state index in [1.807, 2.05) is 61.0 Å². The first kappa shape index (κ1) is 18.7. The van der Waals surface area contributed by atoms with Crippen LogP contribution in [-0.4, -0.2) is 39.7 Å². The van der Waals surface area contributed by atoms with Gasteiger partial charge >= 0.3 is 6.03 Å². The number of para-hydroxylation sites is 1. The van der Waals surface area contributed by atoms with Crippen LogP contribution in [0.15, 0.2) is 54.6 Å². The summed E-state index contributed by atoms with van der Waals surface area (Å²) >= 11 is 0. The van der Waals surface area contributed by atoms with Crippen LogP contribution in [0.5, 0.6) is 0 Å². The number of aromatic nitrogens is 2. The number of urea groups is 1. The van der Waals surface area contributed by atoms with E-state index >= 15 is 0 Å². The van der Waals surface area contributed by atoms with Crippen molar-refractivity contribution in [2.75, 3.05) is 18.4 Å². The quantitative estimate of drug-likeness (QED) is 0.703. The Morgan fingerprint density at radius 2 is 1.90 bits per heavy atom. The van der Waals surface area contributed by atoms with Gasteiger partial charge < -0.3 is 15.5 Å². The minimum Gasteiger partial charge on any atom is -0.336 e. The van der Waals surface area contributed by atoms with Gasteiger partial charge in [0.2, 0.25) is 0 Å². The highest BCUT2D eigenvalue weighted by Gasteiger charge is 2.20. The number of carbonyl (C=O) groups excluding carboxylic acids is 2. The minimum atomic E-state index is -0.191. The lowest BCUT2D eigenvalue weighted by Gasteiger charge is -2.17. The predicted molar refractivity (Wildman–Crippen MR) is 111 cm³/mol. The van der Waals surface area contributed by atoms with Crippen LogP contribution in [0.2, 0.25) is 0 Å². The van der Waals surface area contributed by atoms with Crippen molar-refractivity contribution in [1.82, 2.24) is 20.0 Å². The summed E-state index contributed by atoms with van der Waals surface area (Å²) in [7, 11) is 0. The first-order valence-corrected chi connectivity index (χ1v) is 9.57. The highest BCUT2D eigenvalue weighted by Crippen LogP contribution is 2.20. The Labute approximate surface area is 169 Å². The average Bonchev–Trinajstić information content (AvgIpc) is 3.27. The topological polar surface area (TPSA) is 79.3 Å². The van der Waals surface area contributed by atoms with E-state index in [2.05, 4.69) is 15.7 Å². The molecule has 2 heterocycles. The van der Waals surface area contributed by atoms with Crippen molar-refractivity contribution in [3.8, 4) is 5.69 Å². The van der Waals surface area contributed by atoms with Crippen LogP contribution in [0.1, 0.15) is 27.3 Å². The Hall–Kier alpha value is -3.61. The summed E-state index contributed by atoms with van der Waals surface area (Å²) in [5.41, 5.74) is 5.07. The molecule has 7 heteroatoms. The van der Waals surface area contributed by atoms with Crippen LogP contribution in [0, 0.1) is 13.8 Å². The fraction of sp³-hybridized carbons (Fsp3) is 0.227. The zero-order valence-corrected chi connectivity index (χ0v) is 16.5. The molecule has 1 fully saturated rings. The van der Waals surface area contributed by atoms with Crippen molar-refractivity contribution in [1.29, 1.82) is 0 Å². The number of nitrogens with zero attached hydrogens (tertiary/aromatic N) is 3. The maximum Gasteiger partial charge on any atom is 0.317 e. The Morgan fingerprint density at radius 1 is 1.14 bits per heavy atom. The number of anilines is 1. The second-order valence-electron chi connectivity index (χ2n) is 7.15. The second-order valence-corrected chi connectivity index (χ2v) is 7.15. The molecular weight excluding hydrogens is 366 g/mol. The normalized spacial score (nSPS) is 13.4. The molecule has 0 spiro atoms. The van der Waals surface area contributed by atoms with Gasteiger partial charge in [-0.2, -0.15) is 5.10 Å². The van der Waals surface area contributed by atoms with Gasteiger partial charge in [-0.3, -0.25) is 4.79 Å². The molecule has 1 aliphatic rings. The summed E-state index contributed by atoms with van der Waals surface area (Å²) in [5, 5.41) is 10.2. The standard InChI is InChI=1S/C22H23N5O2/c1-15-13-16(2)27(25-15)19-9-7-17(8-10-19)21(28)24-20-6-4-3-5-18(20)14-26-12-11-23-22(26)29/h3-10,13H,11-12,14H2,1-2H3,(H,23,29)(H,24,28). The van der Waals surface area contributed by atoms with Crippen LogP contribution < -0.4 is 10.6 Å². The molecule has 3 amide bonds. The first-order valence-electron chi connectivity index (χ1n) is 9.57. The van der Waals surface area contributed by atoms with Gasteiger partial charge in [-0.15, -0.1) is 0 Å². The van der Waals surface area contributed by atoms with Crippen LogP contribution in [-0.2, 0) is 6.54 Å². The highest BCUT2D eigenvalue weighted by atomic mass is 16.2. The molecule has 1 aliphatic heterocycles. The Kier molecular flexibility index (Phi) is 5.03. The molecule has 2 aromatic carbocycles. The molecule has 148 valence electrons. The summed E-state index contributed by atoms with van der Waals surface area (Å²) in [6.07, 6.45) is 0. The number of nitrogens with one attached hydrogen (secondary N) is 2. The summed E-state index contributed by atoms with van der Waals surface area (Å²) in [6.45, 7) is 5.72. The van der Waals surface area contributed by atoms with Gasteiger partial charge in [-0.1, -0.05) is 18.2 Å². The predicted octanol–water partition coefficient (Wildman–Crippen LogP) is 3.27. The van der Waals surface area contributed by atoms with E-state index in [-0.39, 0.29) is 11.9 Å². The van der Waals surface area contributed by atoms with Crippen molar-refractivity contribution < 1.29 is 9.59 Å². The van der Waals surface area contributed by atoms with Gasteiger partial charge in [0.25, 0.3) is 5.91 Å². The number of rotatable bonds is 5. The molecular formula is C22H23N5O2. The maximum atomic E-state index is 12.8. The fourth-order valence-corrected chi connectivity index (χ4v) is 3.49. The number of hydrogen-bond acceptors (Lipinski definition) is 3. The molecule has 1 aromatic heterocycles. The SMILES string of the molecule is Cc1cc(C)n(-c2ccc(C(=O)Nc3ccccc3CN3CCNC3=O)cc2)n1. The second kappa shape index (κ2) is 7.79. The molecule has 4 rings (SSSR count). The van der Waals surface area contributed by atoms with E-state index in [0.717, 1.165) is 22.6 Å². The first-order chi connectivity index (χ1) is 14.0. The molecule has 0 bridgehead atoms. The lowest BCUT2D eigenvalue weighted by Crippen LogP contribution is -2.28. The zero-order valence-electron chi connectivity index (χ0n) is 16.5. The van der Waals surface area contributed by atoms with Crippen molar-refractivity contribution in [3.63, 3.8) is 0 Å². The number of carbonyl (C=O) groups is 2. The van der Waals surface area contributed by atoms with Gasteiger partial charge in [0.05, 0.1) is 11.4 Å². The molecule has 7 nitrogen and oxygen atoms in total. The monoisotopic (exact) mass is 389 g/mol. The number of benzene rings is 2. The smallest absolute Gasteiger partial charge is 0.317 e. The zero-order chi connectivity index (χ0) is 20.4. The van der Waals surface area contributed by atoms with E-state index in [0.29, 0.717) is 30.9 Å². The van der Waals surface area contributed by atoms with Crippen molar-refractivity contribution >= 4 is 17.6 Å². The molecule has 0 atom stereocenters. The van der Waals surface area contributed by atoms with Crippen LogP contribution in [0.4, 0.5) is 10.5 Å². The van der Waals surface area contributed by atoms with Crippen molar-refractivity contribution in [2.24, 2.45) is 0 Å². The van der Waals surface area contributed by atoms with E-state index < -0.39 is 0 Å². The fourth-order valence-electron chi connectivity index (χ4n) is 3.49. The average molecular weight is 389 g/mol. The van der Waals surface area contributed by atoms with Crippen LogP contribution >= 0.6 is 0 Å². The Morgan fingerprint density at radius 3 is 2.55 bits per heavy atom. The largest absolute Gasteiger partial charge is 0.336 e. The summed E-state index contributed by atoms with van der Waals surface area (Å²) in [5.74, 6) is -0.191. The third-order valence-corrected chi connectivity index (χ3v) is 4.96. The van der Waals surface area contributed by atoms with Gasteiger partial charge in [0, 0.05) is 36.6 Å². The molecule has 1 saturated heterocycles. The molecule has 0 saturated carbocycles. The lowest BCUT2D eigenvalue weighted by atomic mass is 10.1. The van der Waals surface area contributed by atoms with E-state index in [9.17, 15) is 9.59 Å². The molecule has 0 radical (unpaired) electrons. The molecule has 2 N–H and O–H groups in total. The van der Waals surface area contributed by atoms with Crippen molar-refractivity contribution in [2.45, 2.75) is 20.4 Å². The van der Waals surface area contributed by atoms with Crippen LogP contribution in [0.25, 0.3) is 5.69 Å². The molecule has 0 unspecified atom stereocenters. The summed E-state index contributed by atoms with van der Waals surface area (Å²) in [4.78, 5) is 26.3. The highest BCUT2D eigenvalue weighted by molar-refractivity contribution is 6.04. The van der Waals surface area contributed by atoms with Gasteiger partial charge in [0.1, 0.15) is 0 Å². The molecule has 29 heavy (non-hydrogen) atoms. The Bertz CT molecular complexity index is 1060. The van der Waals surface area contributed by atoms with Crippen molar-refractivity contribution in [3.05, 3.63) is 77.1 Å². The summed E-state index contributed by atoms with van der Waals surface area (Å²) < 4.78 is 1.85. The van der Waals surface area contributed by atoms with E-state index in [1.165, 1.54) is 0 Å². The molecule has 3 aromatic rings. The van der Waals surface area contributed by atoms with E-state index in [1.54, 1.807) is 17.0 Å². The van der Waals surface area contributed by atoms with Gasteiger partial charge in [-0.25, -0.2) is 9.48 Å². The van der Waals surface area contributed by atoms with Gasteiger partial charge in [-0.05, 0) is 55.8 Å². The number of aryl methyl sites for hydroxylation is 2. The minimum absolute atomic E-state index is 0.0779. The van der Waals surface area contributed by atoms with Gasteiger partial charge in [0.15, 0.2) is 0 Å². The lowest BCUT2D eigenvalue weighted by molar-refractivity contribution is 0.102. The third-order valence-electron chi connectivity index (χ3n) is 4.96. The number of hydrogen-bond donors (Lipinski definition) is 2. The molecule has 0 aliphatic carbocycles. The van der Waals surface area contributed by atoms with Crippen LogP contribution in [0.3, 0.4) is 0 Å². The Balaban J connectivity index is 1.50.